The van der Waals surface area contributed by atoms with Gasteiger partial charge in [-0.2, -0.15) is 0 Å². The molecule has 0 saturated heterocycles. The number of hydrogen-bond donors (Lipinski definition) is 3. The number of rotatable bonds is 3. The number of carbonyl (C=O) groups excluding carboxylic acids is 1. The van der Waals surface area contributed by atoms with Crippen molar-refractivity contribution in [1.82, 2.24) is 5.32 Å². The second-order valence-electron chi connectivity index (χ2n) is 3.03. The highest BCUT2D eigenvalue weighted by Crippen LogP contribution is 2.29. The Balaban J connectivity index is 2.69. The van der Waals surface area contributed by atoms with Crippen molar-refractivity contribution in [1.29, 1.82) is 0 Å². The van der Waals surface area contributed by atoms with Crippen LogP contribution in [0.5, 0.6) is 11.5 Å². The summed E-state index contributed by atoms with van der Waals surface area (Å²) < 4.78 is 0.848. The first-order chi connectivity index (χ1) is 7.00. The van der Waals surface area contributed by atoms with Crippen LogP contribution < -0.4 is 5.32 Å². The molecule has 1 aromatic rings. The van der Waals surface area contributed by atoms with Crippen LogP contribution in [0.15, 0.2) is 12.1 Å². The van der Waals surface area contributed by atoms with Crippen molar-refractivity contribution < 1.29 is 15.0 Å². The van der Waals surface area contributed by atoms with Gasteiger partial charge in [0.2, 0.25) is 5.91 Å². The molecule has 0 atom stereocenters. The van der Waals surface area contributed by atoms with E-state index in [1.807, 2.05) is 0 Å². The third kappa shape index (κ3) is 3.58. The summed E-state index contributed by atoms with van der Waals surface area (Å²) in [6, 6.07) is 2.98. The quantitative estimate of drug-likeness (QED) is 0.579. The van der Waals surface area contributed by atoms with Gasteiger partial charge >= 0.3 is 0 Å². The molecule has 0 saturated carbocycles. The Bertz CT molecular complexity index is 379. The van der Waals surface area contributed by atoms with E-state index in [2.05, 4.69) is 34.8 Å². The molecule has 0 aliphatic rings. The molecule has 15 heavy (non-hydrogen) atoms. The molecule has 1 amide bonds. The Hall–Kier alpha value is -0.980. The summed E-state index contributed by atoms with van der Waals surface area (Å²) in [4.78, 5) is 10.5. The summed E-state index contributed by atoms with van der Waals surface area (Å²) in [5, 5.41) is 21.0. The van der Waals surface area contributed by atoms with Gasteiger partial charge in [0, 0.05) is 17.0 Å². The molecule has 3 N–H and O–H groups in total. The zero-order valence-electron chi connectivity index (χ0n) is 7.96. The van der Waals surface area contributed by atoms with Gasteiger partial charge in [0.05, 0.1) is 0 Å². The van der Waals surface area contributed by atoms with E-state index < -0.39 is 0 Å². The second-order valence-corrected chi connectivity index (χ2v) is 4.19. The maximum absolute atomic E-state index is 10.5. The highest BCUT2D eigenvalue weighted by molar-refractivity contribution is 14.1. The largest absolute Gasteiger partial charge is 0.504 e. The number of benzene rings is 1. The fourth-order valence-electron chi connectivity index (χ4n) is 1.12. The lowest BCUT2D eigenvalue weighted by atomic mass is 10.1. The van der Waals surface area contributed by atoms with E-state index in [1.165, 1.54) is 12.1 Å². The summed E-state index contributed by atoms with van der Waals surface area (Å²) in [5.74, 6) is -0.608. The maximum atomic E-state index is 10.5. The van der Waals surface area contributed by atoms with Gasteiger partial charge in [0.15, 0.2) is 11.5 Å². The van der Waals surface area contributed by atoms with Crippen LogP contribution in [-0.2, 0) is 11.2 Å². The van der Waals surface area contributed by atoms with Crippen molar-refractivity contribution in [3.05, 3.63) is 28.2 Å². The number of nitrogens with one attached hydrogen (secondary N) is 1. The van der Waals surface area contributed by atoms with Gasteiger partial charge in [0.25, 0.3) is 0 Å². The standard InChI is InChI=1S/C10H11INO3/c1-6(13)12-3-2-7-4-9(14)10(15)5-8(7)11/h4-5,14-15H,1-3H2,(H,12,13). The molecule has 1 aromatic carbocycles. The molecule has 0 fully saturated rings. The number of aromatic hydroxyl groups is 2. The Morgan fingerprint density at radius 3 is 2.60 bits per heavy atom. The van der Waals surface area contributed by atoms with Gasteiger partial charge in [-0.25, -0.2) is 0 Å². The summed E-state index contributed by atoms with van der Waals surface area (Å²) in [7, 11) is 0. The third-order valence-electron chi connectivity index (χ3n) is 1.86. The first-order valence-electron chi connectivity index (χ1n) is 4.31. The van der Waals surface area contributed by atoms with E-state index in [-0.39, 0.29) is 17.4 Å². The summed E-state index contributed by atoms with van der Waals surface area (Å²) in [6.07, 6.45) is 0.591. The SMILES string of the molecule is [CH2]C(=O)NCCc1cc(O)c(O)cc1I. The smallest absolute Gasteiger partial charge is 0.220 e. The third-order valence-corrected chi connectivity index (χ3v) is 2.86. The zero-order chi connectivity index (χ0) is 11.4. The number of halogens is 1. The predicted octanol–water partition coefficient (Wildman–Crippen LogP) is 1.20. The van der Waals surface area contributed by atoms with Crippen LogP contribution in [0.25, 0.3) is 0 Å². The van der Waals surface area contributed by atoms with Crippen LogP contribution in [-0.4, -0.2) is 22.7 Å². The normalized spacial score (nSPS) is 10.0. The molecule has 1 rings (SSSR count). The van der Waals surface area contributed by atoms with Crippen molar-refractivity contribution in [3.8, 4) is 11.5 Å². The van der Waals surface area contributed by atoms with E-state index in [0.29, 0.717) is 13.0 Å². The lowest BCUT2D eigenvalue weighted by Gasteiger charge is -2.07. The average molecular weight is 320 g/mol. The van der Waals surface area contributed by atoms with Crippen LogP contribution in [0.1, 0.15) is 5.56 Å². The summed E-state index contributed by atoms with van der Waals surface area (Å²) in [6.45, 7) is 3.64. The molecule has 0 unspecified atom stereocenters. The van der Waals surface area contributed by atoms with E-state index in [1.54, 1.807) is 0 Å². The lowest BCUT2D eigenvalue weighted by Crippen LogP contribution is -2.22. The average Bonchev–Trinajstić information content (AvgIpc) is 2.13. The molecular weight excluding hydrogens is 309 g/mol. The summed E-state index contributed by atoms with van der Waals surface area (Å²) in [5.41, 5.74) is 0.875. The molecule has 0 aliphatic heterocycles. The van der Waals surface area contributed by atoms with Crippen molar-refractivity contribution in [3.63, 3.8) is 0 Å². The van der Waals surface area contributed by atoms with Crippen molar-refractivity contribution in [2.75, 3.05) is 6.54 Å². The highest BCUT2D eigenvalue weighted by Gasteiger charge is 2.06. The van der Waals surface area contributed by atoms with Gasteiger partial charge in [-0.05, 0) is 46.7 Å². The Morgan fingerprint density at radius 1 is 1.40 bits per heavy atom. The zero-order valence-corrected chi connectivity index (χ0v) is 10.1. The highest BCUT2D eigenvalue weighted by atomic mass is 127. The minimum absolute atomic E-state index is 0.135. The lowest BCUT2D eigenvalue weighted by molar-refractivity contribution is -0.116. The van der Waals surface area contributed by atoms with Gasteiger partial charge in [-0.1, -0.05) is 0 Å². The maximum Gasteiger partial charge on any atom is 0.220 e. The van der Waals surface area contributed by atoms with Crippen LogP contribution >= 0.6 is 22.6 Å². The molecule has 0 heterocycles. The molecular formula is C10H11INO3. The Kier molecular flexibility index (Phi) is 4.19. The molecule has 0 aliphatic carbocycles. The molecule has 1 radical (unpaired) electrons. The van der Waals surface area contributed by atoms with Crippen molar-refractivity contribution >= 4 is 28.5 Å². The molecule has 4 nitrogen and oxygen atoms in total. The van der Waals surface area contributed by atoms with Crippen molar-refractivity contribution in [2.45, 2.75) is 6.42 Å². The number of carbonyl (C=O) groups is 1. The topological polar surface area (TPSA) is 69.6 Å². The first-order valence-corrected chi connectivity index (χ1v) is 5.38. The van der Waals surface area contributed by atoms with E-state index in [0.717, 1.165) is 9.13 Å². The fraction of sp³-hybridized carbons (Fsp3) is 0.200. The molecule has 0 aromatic heterocycles. The number of amides is 1. The Morgan fingerprint density at radius 2 is 2.00 bits per heavy atom. The van der Waals surface area contributed by atoms with E-state index in [9.17, 15) is 15.0 Å². The minimum atomic E-state index is -0.326. The van der Waals surface area contributed by atoms with Gasteiger partial charge in [-0.3, -0.25) is 4.79 Å². The van der Waals surface area contributed by atoms with Gasteiger partial charge < -0.3 is 15.5 Å². The minimum Gasteiger partial charge on any atom is -0.504 e. The van der Waals surface area contributed by atoms with Crippen LogP contribution in [0.3, 0.4) is 0 Å². The number of hydrogen-bond acceptors (Lipinski definition) is 3. The fourth-order valence-corrected chi connectivity index (χ4v) is 1.84. The molecule has 81 valence electrons. The van der Waals surface area contributed by atoms with Gasteiger partial charge in [0.1, 0.15) is 0 Å². The van der Waals surface area contributed by atoms with Gasteiger partial charge in [-0.15, -0.1) is 0 Å². The number of phenols is 2. The first kappa shape index (κ1) is 12.1. The molecule has 0 spiro atoms. The monoisotopic (exact) mass is 320 g/mol. The van der Waals surface area contributed by atoms with Crippen LogP contribution in [0.2, 0.25) is 0 Å². The number of phenolic OH excluding ortho intramolecular Hbond substituents is 2. The van der Waals surface area contributed by atoms with Crippen LogP contribution in [0, 0.1) is 10.5 Å². The predicted molar refractivity (Wildman–Crippen MR) is 64.6 cm³/mol. The van der Waals surface area contributed by atoms with Crippen LogP contribution in [0.4, 0.5) is 0 Å². The van der Waals surface area contributed by atoms with E-state index >= 15 is 0 Å². The van der Waals surface area contributed by atoms with E-state index in [4.69, 9.17) is 0 Å². The summed E-state index contributed by atoms with van der Waals surface area (Å²) >= 11 is 2.06. The Labute approximate surface area is 101 Å². The molecule has 0 bridgehead atoms. The van der Waals surface area contributed by atoms with Crippen molar-refractivity contribution in [2.24, 2.45) is 0 Å². The molecule has 5 heteroatoms. The second kappa shape index (κ2) is 5.20.